The van der Waals surface area contributed by atoms with E-state index >= 15 is 0 Å². The number of carboxylic acid groups (broad SMARTS) is 1. The van der Waals surface area contributed by atoms with E-state index < -0.39 is 17.8 Å². The molecule has 1 aromatic rings. The highest BCUT2D eigenvalue weighted by atomic mass is 32.1. The second-order valence-corrected chi connectivity index (χ2v) is 6.49. The molecule has 5 heteroatoms. The van der Waals surface area contributed by atoms with Crippen molar-refractivity contribution in [2.75, 3.05) is 0 Å². The van der Waals surface area contributed by atoms with E-state index in [9.17, 15) is 14.7 Å². The number of aliphatic carboxylic acids is 1. The predicted octanol–water partition coefficient (Wildman–Crippen LogP) is 0.943. The van der Waals surface area contributed by atoms with Gasteiger partial charge in [0.05, 0.1) is 12.5 Å². The van der Waals surface area contributed by atoms with Gasteiger partial charge in [0.1, 0.15) is 0 Å². The maximum absolute atomic E-state index is 12.4. The number of rotatable bonds is 4. The Balaban J connectivity index is 1.72. The van der Waals surface area contributed by atoms with Crippen LogP contribution < -0.4 is 10.4 Å². The van der Waals surface area contributed by atoms with Crippen molar-refractivity contribution in [3.05, 3.63) is 34.5 Å². The van der Waals surface area contributed by atoms with E-state index in [0.717, 1.165) is 17.7 Å². The highest BCUT2D eigenvalue weighted by molar-refractivity contribution is 7.09. The van der Waals surface area contributed by atoms with E-state index in [1.807, 2.05) is 29.7 Å². The standard InChI is InChI=1S/C15H17NO3S/c17-14(16-8-11-2-1-7-20-11)12-9-3-5-10(6-4-9)13(12)15(18)19/h1-3,5,7,9-10,12-13H,4,6,8H2,(H,16,17)(H,18,19)/p-1/t9-,10-,12-,13+/m1/s1. The number of allylic oxidation sites excluding steroid dienone is 2. The molecule has 0 spiro atoms. The minimum Gasteiger partial charge on any atom is -0.550 e. The van der Waals surface area contributed by atoms with Gasteiger partial charge in [-0.3, -0.25) is 4.79 Å². The molecule has 1 heterocycles. The van der Waals surface area contributed by atoms with E-state index in [1.165, 1.54) is 0 Å². The quantitative estimate of drug-likeness (QED) is 0.839. The predicted molar refractivity (Wildman–Crippen MR) is 73.5 cm³/mol. The molecule has 1 fully saturated rings. The Bertz CT molecular complexity index is 537. The van der Waals surface area contributed by atoms with Crippen LogP contribution in [0.1, 0.15) is 17.7 Å². The molecule has 0 saturated heterocycles. The van der Waals surface area contributed by atoms with E-state index in [4.69, 9.17) is 0 Å². The highest BCUT2D eigenvalue weighted by Crippen LogP contribution is 2.44. The third-order valence-electron chi connectivity index (χ3n) is 4.34. The Hall–Kier alpha value is -1.62. The topological polar surface area (TPSA) is 69.2 Å². The number of amides is 1. The maximum atomic E-state index is 12.4. The fourth-order valence-corrected chi connectivity index (χ4v) is 4.02. The molecule has 0 unspecified atom stereocenters. The first-order chi connectivity index (χ1) is 9.66. The summed E-state index contributed by atoms with van der Waals surface area (Å²) in [5.41, 5.74) is 0. The molecule has 1 N–H and O–H groups in total. The van der Waals surface area contributed by atoms with Crippen molar-refractivity contribution >= 4 is 23.2 Å². The minimum absolute atomic E-state index is 0.0336. The van der Waals surface area contributed by atoms with Crippen LogP contribution in [0.15, 0.2) is 29.7 Å². The van der Waals surface area contributed by atoms with Crippen molar-refractivity contribution in [1.82, 2.24) is 5.32 Å². The van der Waals surface area contributed by atoms with Crippen molar-refractivity contribution in [3.63, 3.8) is 0 Å². The van der Waals surface area contributed by atoms with Crippen LogP contribution in [-0.4, -0.2) is 11.9 Å². The lowest BCUT2D eigenvalue weighted by atomic mass is 9.62. The molecular formula is C15H16NO3S-. The summed E-state index contributed by atoms with van der Waals surface area (Å²) < 4.78 is 0. The van der Waals surface area contributed by atoms with Gasteiger partial charge < -0.3 is 15.2 Å². The average molecular weight is 290 g/mol. The molecule has 0 aliphatic heterocycles. The third kappa shape index (κ3) is 2.38. The van der Waals surface area contributed by atoms with Gasteiger partial charge in [-0.1, -0.05) is 18.2 Å². The van der Waals surface area contributed by atoms with Crippen molar-refractivity contribution in [2.24, 2.45) is 23.7 Å². The lowest BCUT2D eigenvalue weighted by Crippen LogP contribution is -2.52. The van der Waals surface area contributed by atoms with Crippen LogP contribution in [0.3, 0.4) is 0 Å². The lowest BCUT2D eigenvalue weighted by molar-refractivity contribution is -0.316. The third-order valence-corrected chi connectivity index (χ3v) is 5.22. The summed E-state index contributed by atoms with van der Waals surface area (Å²) in [7, 11) is 0. The summed E-state index contributed by atoms with van der Waals surface area (Å²) in [6.45, 7) is 0.466. The molecule has 1 amide bonds. The van der Waals surface area contributed by atoms with Crippen LogP contribution in [0.25, 0.3) is 0 Å². The van der Waals surface area contributed by atoms with Crippen LogP contribution >= 0.6 is 11.3 Å². The summed E-state index contributed by atoms with van der Waals surface area (Å²) in [5, 5.41) is 16.2. The number of carbonyl (C=O) groups excluding carboxylic acids is 2. The number of thiophene rings is 1. The van der Waals surface area contributed by atoms with Gasteiger partial charge in [-0.25, -0.2) is 0 Å². The molecule has 1 aromatic heterocycles. The monoisotopic (exact) mass is 290 g/mol. The maximum Gasteiger partial charge on any atom is 0.224 e. The Morgan fingerprint density at radius 3 is 2.50 bits per heavy atom. The molecule has 2 bridgehead atoms. The first-order valence-corrected chi connectivity index (χ1v) is 7.74. The number of fused-ring (bicyclic) bond motifs is 2. The van der Waals surface area contributed by atoms with Gasteiger partial charge in [0.2, 0.25) is 5.91 Å². The van der Waals surface area contributed by atoms with E-state index in [0.29, 0.717) is 6.54 Å². The number of hydrogen-bond donors (Lipinski definition) is 1. The second kappa shape index (κ2) is 5.40. The normalized spacial score (nSPS) is 31.2. The second-order valence-electron chi connectivity index (χ2n) is 5.46. The van der Waals surface area contributed by atoms with Crippen molar-refractivity contribution in [2.45, 2.75) is 19.4 Å². The van der Waals surface area contributed by atoms with Gasteiger partial charge in [0, 0.05) is 16.8 Å². The van der Waals surface area contributed by atoms with Crippen molar-refractivity contribution < 1.29 is 14.7 Å². The van der Waals surface area contributed by atoms with Crippen LogP contribution in [0.5, 0.6) is 0 Å². The highest BCUT2D eigenvalue weighted by Gasteiger charge is 2.44. The summed E-state index contributed by atoms with van der Waals surface area (Å²) in [4.78, 5) is 24.8. The van der Waals surface area contributed by atoms with Gasteiger partial charge in [0.15, 0.2) is 0 Å². The molecule has 3 aliphatic carbocycles. The number of nitrogens with one attached hydrogen (secondary N) is 1. The molecule has 4 atom stereocenters. The summed E-state index contributed by atoms with van der Waals surface area (Å²) in [6, 6.07) is 3.88. The number of carboxylic acids is 1. The fraction of sp³-hybridized carbons (Fsp3) is 0.467. The smallest absolute Gasteiger partial charge is 0.224 e. The molecular weight excluding hydrogens is 274 g/mol. The van der Waals surface area contributed by atoms with Crippen molar-refractivity contribution in [3.8, 4) is 0 Å². The number of carbonyl (C=O) groups is 2. The van der Waals surface area contributed by atoms with E-state index in [1.54, 1.807) is 11.3 Å². The first-order valence-electron chi connectivity index (χ1n) is 6.86. The van der Waals surface area contributed by atoms with Gasteiger partial charge in [0.25, 0.3) is 0 Å². The Morgan fingerprint density at radius 1 is 1.25 bits per heavy atom. The average Bonchev–Trinajstić information content (AvgIpc) is 2.98. The molecule has 106 valence electrons. The van der Waals surface area contributed by atoms with Gasteiger partial charge in [-0.2, -0.15) is 0 Å². The lowest BCUT2D eigenvalue weighted by Gasteiger charge is -2.44. The Labute approximate surface area is 121 Å². The molecule has 20 heavy (non-hydrogen) atoms. The molecule has 0 aromatic carbocycles. The fourth-order valence-electron chi connectivity index (χ4n) is 3.38. The molecule has 3 aliphatic rings. The van der Waals surface area contributed by atoms with Gasteiger partial charge in [-0.05, 0) is 36.1 Å². The summed E-state index contributed by atoms with van der Waals surface area (Å²) in [6.07, 6.45) is 5.68. The van der Waals surface area contributed by atoms with Crippen molar-refractivity contribution in [1.29, 1.82) is 0 Å². The van der Waals surface area contributed by atoms with E-state index in [-0.39, 0.29) is 17.7 Å². The van der Waals surface area contributed by atoms with Gasteiger partial charge >= 0.3 is 0 Å². The Morgan fingerprint density at radius 2 is 1.95 bits per heavy atom. The SMILES string of the molecule is O=C([O-])[C@@H]1[C@H](C(=O)NCc2cccs2)[C@@H]2C=C[C@@H]1CC2. The zero-order valence-electron chi connectivity index (χ0n) is 11.0. The zero-order valence-corrected chi connectivity index (χ0v) is 11.8. The number of hydrogen-bond acceptors (Lipinski definition) is 4. The van der Waals surface area contributed by atoms with Gasteiger partial charge in [-0.15, -0.1) is 11.3 Å². The van der Waals surface area contributed by atoms with Crippen LogP contribution in [0.2, 0.25) is 0 Å². The molecule has 4 rings (SSSR count). The minimum atomic E-state index is -1.10. The van der Waals surface area contributed by atoms with E-state index in [2.05, 4.69) is 5.32 Å². The molecule has 0 radical (unpaired) electrons. The Kier molecular flexibility index (Phi) is 3.61. The zero-order chi connectivity index (χ0) is 14.1. The molecule has 1 saturated carbocycles. The first kappa shape index (κ1) is 13.4. The van der Waals surface area contributed by atoms with Crippen LogP contribution in [-0.2, 0) is 16.1 Å². The van der Waals surface area contributed by atoms with Crippen LogP contribution in [0, 0.1) is 23.7 Å². The van der Waals surface area contributed by atoms with Crippen LogP contribution in [0.4, 0.5) is 0 Å². The largest absolute Gasteiger partial charge is 0.550 e. The summed E-state index contributed by atoms with van der Waals surface area (Å²) >= 11 is 1.58. The summed E-state index contributed by atoms with van der Waals surface area (Å²) in [5.74, 6) is -2.44. The molecule has 4 nitrogen and oxygen atoms in total.